The average Bonchev–Trinajstić information content (AvgIpc) is 3.12. The smallest absolute Gasteiger partial charge is 0.274 e. The molecule has 1 aromatic heterocycles. The highest BCUT2D eigenvalue weighted by Crippen LogP contribution is 2.34. The second kappa shape index (κ2) is 7.10. The lowest BCUT2D eigenvalue weighted by Crippen LogP contribution is -2.15. The number of halogens is 2. The summed E-state index contributed by atoms with van der Waals surface area (Å²) in [5.74, 6) is -0.597. The first-order valence-corrected chi connectivity index (χ1v) is 8.27. The summed E-state index contributed by atoms with van der Waals surface area (Å²) < 4.78 is 38.2. The van der Waals surface area contributed by atoms with Crippen LogP contribution in [-0.2, 0) is 0 Å². The molecule has 28 heavy (non-hydrogen) atoms. The van der Waals surface area contributed by atoms with E-state index in [9.17, 15) is 13.6 Å². The van der Waals surface area contributed by atoms with Gasteiger partial charge in [-0.1, -0.05) is 6.07 Å². The summed E-state index contributed by atoms with van der Waals surface area (Å²) in [6.07, 6.45) is 0. The maximum Gasteiger partial charge on any atom is 0.274 e. The van der Waals surface area contributed by atoms with Gasteiger partial charge in [-0.2, -0.15) is 0 Å². The topological polar surface area (TPSA) is 85.4 Å². The van der Waals surface area contributed by atoms with Crippen molar-refractivity contribution in [1.82, 2.24) is 9.97 Å². The van der Waals surface area contributed by atoms with Gasteiger partial charge in [-0.05, 0) is 31.2 Å². The molecule has 0 aliphatic carbocycles. The Hall–Kier alpha value is -3.75. The number of rotatable bonds is 4. The minimum atomic E-state index is -0.775. The zero-order valence-electron chi connectivity index (χ0n) is 14.6. The maximum atomic E-state index is 13.8. The summed E-state index contributed by atoms with van der Waals surface area (Å²) in [4.78, 5) is 20.7. The molecule has 9 heteroatoms. The van der Waals surface area contributed by atoms with Crippen molar-refractivity contribution in [3.8, 4) is 11.5 Å². The first-order valence-electron chi connectivity index (χ1n) is 8.27. The second-order valence-electron chi connectivity index (χ2n) is 5.93. The molecule has 3 aromatic rings. The van der Waals surface area contributed by atoms with Crippen molar-refractivity contribution in [2.45, 2.75) is 6.92 Å². The molecule has 2 aromatic carbocycles. The fourth-order valence-electron chi connectivity index (χ4n) is 2.66. The molecule has 0 unspecified atom stereocenters. The number of hydrogen-bond donors (Lipinski definition) is 2. The summed E-state index contributed by atoms with van der Waals surface area (Å²) in [6.45, 7) is 1.69. The zero-order chi connectivity index (χ0) is 19.7. The van der Waals surface area contributed by atoms with Crippen molar-refractivity contribution in [1.29, 1.82) is 0 Å². The lowest BCUT2D eigenvalue weighted by atomic mass is 10.2. The van der Waals surface area contributed by atoms with E-state index in [1.807, 2.05) is 0 Å². The fourth-order valence-corrected chi connectivity index (χ4v) is 2.66. The predicted octanol–water partition coefficient (Wildman–Crippen LogP) is 3.79. The van der Waals surface area contributed by atoms with E-state index in [0.717, 1.165) is 12.1 Å². The van der Waals surface area contributed by atoms with Gasteiger partial charge in [-0.25, -0.2) is 18.7 Å². The van der Waals surface area contributed by atoms with Crippen LogP contribution in [0.2, 0.25) is 0 Å². The van der Waals surface area contributed by atoms with Gasteiger partial charge < -0.3 is 20.1 Å². The first kappa shape index (κ1) is 17.7. The Morgan fingerprint density at radius 3 is 2.57 bits per heavy atom. The molecular weight excluding hydrogens is 370 g/mol. The number of nitrogens with one attached hydrogen (secondary N) is 2. The van der Waals surface area contributed by atoms with Gasteiger partial charge in [0.2, 0.25) is 6.79 Å². The number of anilines is 3. The van der Waals surface area contributed by atoms with Crippen molar-refractivity contribution in [3.63, 3.8) is 0 Å². The van der Waals surface area contributed by atoms with Crippen LogP contribution in [0.25, 0.3) is 0 Å². The monoisotopic (exact) mass is 384 g/mol. The van der Waals surface area contributed by atoms with Gasteiger partial charge in [0.25, 0.3) is 5.91 Å². The predicted molar refractivity (Wildman–Crippen MR) is 96.9 cm³/mol. The molecule has 142 valence electrons. The molecule has 1 aliphatic rings. The van der Waals surface area contributed by atoms with Crippen LogP contribution < -0.4 is 20.1 Å². The van der Waals surface area contributed by atoms with E-state index in [0.29, 0.717) is 17.2 Å². The van der Waals surface area contributed by atoms with E-state index >= 15 is 0 Å². The number of aryl methyl sites for hydroxylation is 1. The van der Waals surface area contributed by atoms with Gasteiger partial charge in [-0.15, -0.1) is 0 Å². The number of ether oxygens (including phenoxy) is 2. The third-order valence-corrected chi connectivity index (χ3v) is 3.92. The Bertz CT molecular complexity index is 1050. The molecule has 0 bridgehead atoms. The van der Waals surface area contributed by atoms with E-state index in [2.05, 4.69) is 20.6 Å². The summed E-state index contributed by atoms with van der Waals surface area (Å²) in [5, 5.41) is 5.25. The van der Waals surface area contributed by atoms with E-state index < -0.39 is 17.5 Å². The van der Waals surface area contributed by atoms with Crippen LogP contribution in [0.1, 0.15) is 16.3 Å². The molecular formula is C19H14F2N4O3. The van der Waals surface area contributed by atoms with Crippen molar-refractivity contribution in [2.24, 2.45) is 0 Å². The van der Waals surface area contributed by atoms with E-state index in [1.165, 1.54) is 12.1 Å². The largest absolute Gasteiger partial charge is 0.454 e. The lowest BCUT2D eigenvalue weighted by Gasteiger charge is -2.10. The number of aromatic nitrogens is 2. The summed E-state index contributed by atoms with van der Waals surface area (Å²) in [7, 11) is 0. The highest BCUT2D eigenvalue weighted by molar-refractivity contribution is 6.03. The molecule has 0 fully saturated rings. The van der Waals surface area contributed by atoms with Crippen LogP contribution >= 0.6 is 0 Å². The molecule has 0 radical (unpaired) electrons. The number of nitrogens with zero attached hydrogens (tertiary/aromatic N) is 2. The molecule has 7 nitrogen and oxygen atoms in total. The molecule has 0 spiro atoms. The first-order chi connectivity index (χ1) is 13.5. The van der Waals surface area contributed by atoms with Crippen molar-refractivity contribution in [3.05, 3.63) is 65.6 Å². The Balaban J connectivity index is 1.57. The standard InChI is InChI=1S/C19H14F2N4O3/c1-10-22-14(8-17(23-10)25-18-12(20)3-2-4-13(18)21)19(26)24-11-5-6-15-16(7-11)28-9-27-15/h2-8H,9H2,1H3,(H,24,26)(H,22,23,25). The van der Waals surface area contributed by atoms with Crippen LogP contribution in [0.3, 0.4) is 0 Å². The average molecular weight is 384 g/mol. The normalized spacial score (nSPS) is 12.0. The van der Waals surface area contributed by atoms with Crippen LogP contribution in [0.4, 0.5) is 26.0 Å². The third-order valence-electron chi connectivity index (χ3n) is 3.92. The molecule has 4 rings (SSSR count). The van der Waals surface area contributed by atoms with Crippen molar-refractivity contribution in [2.75, 3.05) is 17.4 Å². The molecule has 1 amide bonds. The fraction of sp³-hybridized carbons (Fsp3) is 0.105. The van der Waals surface area contributed by atoms with E-state index in [1.54, 1.807) is 25.1 Å². The van der Waals surface area contributed by atoms with Crippen molar-refractivity contribution >= 4 is 23.1 Å². The third kappa shape index (κ3) is 3.54. The van der Waals surface area contributed by atoms with E-state index in [4.69, 9.17) is 9.47 Å². The van der Waals surface area contributed by atoms with Gasteiger partial charge in [0.1, 0.15) is 34.7 Å². The molecule has 0 saturated carbocycles. The summed E-state index contributed by atoms with van der Waals surface area (Å²) in [5.41, 5.74) is 0.160. The van der Waals surface area contributed by atoms with Gasteiger partial charge in [0, 0.05) is 17.8 Å². The minimum absolute atomic E-state index is 0.0319. The van der Waals surface area contributed by atoms with Gasteiger partial charge >= 0.3 is 0 Å². The van der Waals surface area contributed by atoms with E-state index in [-0.39, 0.29) is 29.8 Å². The number of amides is 1. The zero-order valence-corrected chi connectivity index (χ0v) is 14.6. The summed E-state index contributed by atoms with van der Waals surface area (Å²) >= 11 is 0. The number of carbonyl (C=O) groups excluding carboxylic acids is 1. The quantitative estimate of drug-likeness (QED) is 0.712. The molecule has 0 saturated heterocycles. The van der Waals surface area contributed by atoms with Gasteiger partial charge in [0.05, 0.1) is 0 Å². The van der Waals surface area contributed by atoms with Gasteiger partial charge in [0.15, 0.2) is 11.5 Å². The Morgan fingerprint density at radius 2 is 1.79 bits per heavy atom. The molecule has 2 heterocycles. The molecule has 2 N–H and O–H groups in total. The summed E-state index contributed by atoms with van der Waals surface area (Å²) in [6, 6.07) is 9.76. The van der Waals surface area contributed by atoms with Crippen LogP contribution in [0, 0.1) is 18.6 Å². The number of fused-ring (bicyclic) bond motifs is 1. The Labute approximate surface area is 158 Å². The van der Waals surface area contributed by atoms with Crippen molar-refractivity contribution < 1.29 is 23.0 Å². The number of carbonyl (C=O) groups is 1. The van der Waals surface area contributed by atoms with Crippen LogP contribution in [0.15, 0.2) is 42.5 Å². The highest BCUT2D eigenvalue weighted by Gasteiger charge is 2.17. The van der Waals surface area contributed by atoms with Crippen LogP contribution in [-0.4, -0.2) is 22.7 Å². The number of hydrogen-bond acceptors (Lipinski definition) is 6. The number of para-hydroxylation sites is 1. The second-order valence-corrected chi connectivity index (χ2v) is 5.93. The lowest BCUT2D eigenvalue weighted by molar-refractivity contribution is 0.102. The molecule has 0 atom stereocenters. The molecule has 1 aliphatic heterocycles. The Kier molecular flexibility index (Phi) is 4.48. The SMILES string of the molecule is Cc1nc(Nc2c(F)cccc2F)cc(C(=O)Nc2ccc3c(c2)OCO3)n1. The Morgan fingerprint density at radius 1 is 1.04 bits per heavy atom. The van der Waals surface area contributed by atoms with Gasteiger partial charge in [-0.3, -0.25) is 4.79 Å². The highest BCUT2D eigenvalue weighted by atomic mass is 19.1. The minimum Gasteiger partial charge on any atom is -0.454 e. The number of benzene rings is 2. The van der Waals surface area contributed by atoms with Crippen LogP contribution in [0.5, 0.6) is 11.5 Å². The maximum absolute atomic E-state index is 13.8.